The Balaban J connectivity index is 1.55. The fourth-order valence-corrected chi connectivity index (χ4v) is 4.97. The summed E-state index contributed by atoms with van der Waals surface area (Å²) in [6.45, 7) is 5.58. The van der Waals surface area contributed by atoms with E-state index in [9.17, 15) is 17.6 Å². The van der Waals surface area contributed by atoms with Crippen molar-refractivity contribution in [1.29, 1.82) is 0 Å². The van der Waals surface area contributed by atoms with Gasteiger partial charge in [-0.2, -0.15) is 4.31 Å². The lowest BCUT2D eigenvalue weighted by Crippen LogP contribution is -2.53. The minimum atomic E-state index is -3.87. The van der Waals surface area contributed by atoms with Crippen molar-refractivity contribution in [3.05, 3.63) is 30.1 Å². The second kappa shape index (κ2) is 8.02. The van der Waals surface area contributed by atoms with Crippen molar-refractivity contribution in [3.63, 3.8) is 0 Å². The second-order valence-electron chi connectivity index (χ2n) is 7.17. The molecule has 2 aliphatic heterocycles. The molecule has 1 aromatic rings. The van der Waals surface area contributed by atoms with Crippen LogP contribution in [0.4, 0.5) is 4.39 Å². The topological polar surface area (TPSA) is 60.9 Å². The van der Waals surface area contributed by atoms with Crippen molar-refractivity contribution in [2.75, 3.05) is 45.8 Å². The Bertz CT molecular complexity index is 740. The molecule has 0 N–H and O–H groups in total. The van der Waals surface area contributed by atoms with Crippen LogP contribution in [0.5, 0.6) is 0 Å². The van der Waals surface area contributed by atoms with Gasteiger partial charge in [0, 0.05) is 26.2 Å². The molecule has 6 nitrogen and oxygen atoms in total. The predicted molar refractivity (Wildman–Crippen MR) is 96.6 cm³/mol. The smallest absolute Gasteiger partial charge is 0.246 e. The van der Waals surface area contributed by atoms with Gasteiger partial charge in [0.1, 0.15) is 10.7 Å². The van der Waals surface area contributed by atoms with Gasteiger partial charge in [0.15, 0.2) is 0 Å². The first-order chi connectivity index (χ1) is 12.4. The standard InChI is InChI=1S/C18H26FN3O3S/c1-15-6-8-20(9-7-15)14-18(23)21-10-12-22(13-11-21)26(24,25)17-5-3-2-4-16(17)19/h2-5,15H,6-14H2,1H3. The van der Waals surface area contributed by atoms with Crippen LogP contribution in [-0.2, 0) is 14.8 Å². The van der Waals surface area contributed by atoms with E-state index in [1.165, 1.54) is 22.5 Å². The molecule has 0 bridgehead atoms. The van der Waals surface area contributed by atoms with Crippen molar-refractivity contribution >= 4 is 15.9 Å². The molecular weight excluding hydrogens is 357 g/mol. The molecule has 0 spiro atoms. The third-order valence-electron chi connectivity index (χ3n) is 5.28. The van der Waals surface area contributed by atoms with E-state index in [1.807, 2.05) is 0 Å². The van der Waals surface area contributed by atoms with Gasteiger partial charge >= 0.3 is 0 Å². The zero-order valence-electron chi connectivity index (χ0n) is 15.1. The molecule has 8 heteroatoms. The van der Waals surface area contributed by atoms with E-state index >= 15 is 0 Å². The van der Waals surface area contributed by atoms with Crippen molar-refractivity contribution in [3.8, 4) is 0 Å². The number of carbonyl (C=O) groups is 1. The molecule has 0 aromatic heterocycles. The Hall–Kier alpha value is -1.51. The molecule has 0 aliphatic carbocycles. The van der Waals surface area contributed by atoms with Crippen LogP contribution in [-0.4, -0.2) is 74.2 Å². The Labute approximate surface area is 154 Å². The van der Waals surface area contributed by atoms with E-state index in [1.54, 1.807) is 4.90 Å². The first kappa shape index (κ1) is 19.3. The summed E-state index contributed by atoms with van der Waals surface area (Å²) in [5.74, 6) is 0.0151. The highest BCUT2D eigenvalue weighted by atomic mass is 32.2. The summed E-state index contributed by atoms with van der Waals surface area (Å²) in [4.78, 5) is 16.1. The summed E-state index contributed by atoms with van der Waals surface area (Å²) in [6, 6.07) is 5.40. The fraction of sp³-hybridized carbons (Fsp3) is 0.611. The van der Waals surface area contributed by atoms with Gasteiger partial charge in [-0.1, -0.05) is 19.1 Å². The summed E-state index contributed by atoms with van der Waals surface area (Å²) in [5.41, 5.74) is 0. The Morgan fingerprint density at radius 1 is 1.08 bits per heavy atom. The summed E-state index contributed by atoms with van der Waals surface area (Å²) in [7, 11) is -3.87. The number of benzene rings is 1. The minimum absolute atomic E-state index is 0.0440. The van der Waals surface area contributed by atoms with Crippen molar-refractivity contribution in [2.24, 2.45) is 5.92 Å². The molecule has 3 rings (SSSR count). The molecule has 144 valence electrons. The van der Waals surface area contributed by atoms with Gasteiger partial charge in [0.05, 0.1) is 6.54 Å². The molecule has 1 aromatic carbocycles. The van der Waals surface area contributed by atoms with Crippen LogP contribution in [0.15, 0.2) is 29.2 Å². The average Bonchev–Trinajstić information content (AvgIpc) is 2.64. The fourth-order valence-electron chi connectivity index (χ4n) is 3.48. The van der Waals surface area contributed by atoms with Gasteiger partial charge in [-0.3, -0.25) is 9.69 Å². The van der Waals surface area contributed by atoms with Crippen LogP contribution in [0.25, 0.3) is 0 Å². The van der Waals surface area contributed by atoms with Gasteiger partial charge in [-0.15, -0.1) is 0 Å². The number of hydrogen-bond donors (Lipinski definition) is 0. The zero-order chi connectivity index (χ0) is 18.7. The zero-order valence-corrected chi connectivity index (χ0v) is 15.9. The second-order valence-corrected chi connectivity index (χ2v) is 9.08. The van der Waals surface area contributed by atoms with Gasteiger partial charge in [-0.05, 0) is 44.0 Å². The first-order valence-electron chi connectivity index (χ1n) is 9.13. The van der Waals surface area contributed by atoms with Crippen LogP contribution in [0.3, 0.4) is 0 Å². The molecular formula is C18H26FN3O3S. The number of halogens is 1. The van der Waals surface area contributed by atoms with E-state index in [-0.39, 0.29) is 23.9 Å². The highest BCUT2D eigenvalue weighted by molar-refractivity contribution is 7.89. The van der Waals surface area contributed by atoms with E-state index < -0.39 is 15.8 Å². The Morgan fingerprint density at radius 2 is 1.69 bits per heavy atom. The summed E-state index contributed by atoms with van der Waals surface area (Å²) in [6.07, 6.45) is 2.23. The number of likely N-dealkylation sites (tertiary alicyclic amines) is 1. The lowest BCUT2D eigenvalue weighted by molar-refractivity contribution is -0.133. The van der Waals surface area contributed by atoms with E-state index in [2.05, 4.69) is 11.8 Å². The molecule has 26 heavy (non-hydrogen) atoms. The monoisotopic (exact) mass is 383 g/mol. The van der Waals surface area contributed by atoms with Gasteiger partial charge < -0.3 is 4.90 Å². The van der Waals surface area contributed by atoms with Crippen LogP contribution >= 0.6 is 0 Å². The average molecular weight is 383 g/mol. The molecule has 1 amide bonds. The Kier molecular flexibility index (Phi) is 5.94. The summed E-state index contributed by atoms with van der Waals surface area (Å²) in [5, 5.41) is 0. The number of hydrogen-bond acceptors (Lipinski definition) is 4. The quantitative estimate of drug-likeness (QED) is 0.788. The SMILES string of the molecule is CC1CCN(CC(=O)N2CCN(S(=O)(=O)c3ccccc3F)CC2)CC1. The maximum Gasteiger partial charge on any atom is 0.246 e. The number of amides is 1. The largest absolute Gasteiger partial charge is 0.339 e. The van der Waals surface area contributed by atoms with E-state index in [4.69, 9.17) is 0 Å². The molecule has 0 atom stereocenters. The molecule has 0 saturated carbocycles. The highest BCUT2D eigenvalue weighted by Gasteiger charge is 2.32. The van der Waals surface area contributed by atoms with Gasteiger partial charge in [0.25, 0.3) is 0 Å². The first-order valence-corrected chi connectivity index (χ1v) is 10.6. The maximum atomic E-state index is 13.9. The number of rotatable bonds is 4. The highest BCUT2D eigenvalue weighted by Crippen LogP contribution is 2.21. The normalized spacial score (nSPS) is 21.1. The van der Waals surface area contributed by atoms with E-state index in [0.29, 0.717) is 25.6 Å². The van der Waals surface area contributed by atoms with E-state index in [0.717, 1.165) is 32.0 Å². The van der Waals surface area contributed by atoms with Crippen LogP contribution in [0.1, 0.15) is 19.8 Å². The number of piperazine rings is 1. The number of carbonyl (C=O) groups excluding carboxylic acids is 1. The maximum absolute atomic E-state index is 13.9. The number of nitrogens with zero attached hydrogens (tertiary/aromatic N) is 3. The summed E-state index contributed by atoms with van der Waals surface area (Å²) < 4.78 is 40.3. The van der Waals surface area contributed by atoms with Crippen molar-refractivity contribution in [1.82, 2.24) is 14.1 Å². The number of piperidine rings is 1. The molecule has 0 unspecified atom stereocenters. The van der Waals surface area contributed by atoms with Crippen LogP contribution in [0.2, 0.25) is 0 Å². The van der Waals surface area contributed by atoms with Crippen molar-refractivity contribution in [2.45, 2.75) is 24.7 Å². The Morgan fingerprint density at radius 3 is 2.31 bits per heavy atom. The number of sulfonamides is 1. The lowest BCUT2D eigenvalue weighted by Gasteiger charge is -2.36. The van der Waals surface area contributed by atoms with Crippen LogP contribution in [0, 0.1) is 11.7 Å². The van der Waals surface area contributed by atoms with Gasteiger partial charge in [-0.25, -0.2) is 12.8 Å². The third kappa shape index (κ3) is 4.24. The third-order valence-corrected chi connectivity index (χ3v) is 7.21. The van der Waals surface area contributed by atoms with Crippen LogP contribution < -0.4 is 0 Å². The molecule has 2 saturated heterocycles. The predicted octanol–water partition coefficient (Wildman–Crippen LogP) is 1.39. The van der Waals surface area contributed by atoms with Crippen molar-refractivity contribution < 1.29 is 17.6 Å². The molecule has 2 heterocycles. The summed E-state index contributed by atoms with van der Waals surface area (Å²) >= 11 is 0. The van der Waals surface area contributed by atoms with Gasteiger partial charge in [0.2, 0.25) is 15.9 Å². The molecule has 2 fully saturated rings. The lowest BCUT2D eigenvalue weighted by atomic mass is 9.99. The minimum Gasteiger partial charge on any atom is -0.339 e. The molecule has 2 aliphatic rings. The molecule has 0 radical (unpaired) electrons.